The van der Waals surface area contributed by atoms with Crippen molar-refractivity contribution in [2.45, 2.75) is 36.8 Å². The van der Waals surface area contributed by atoms with Gasteiger partial charge in [-0.2, -0.15) is 0 Å². The van der Waals surface area contributed by atoms with Crippen molar-refractivity contribution in [2.24, 2.45) is 0 Å². The molecule has 0 unspecified atom stereocenters. The predicted molar refractivity (Wildman–Crippen MR) is 123 cm³/mol. The van der Waals surface area contributed by atoms with Gasteiger partial charge in [-0.1, -0.05) is 18.2 Å². The van der Waals surface area contributed by atoms with E-state index >= 15 is 0 Å². The van der Waals surface area contributed by atoms with Gasteiger partial charge >= 0.3 is 0 Å². The number of carbonyl (C=O) groups excluding carboxylic acids is 1. The quantitative estimate of drug-likeness (QED) is 0.291. The molecule has 7 heteroatoms. The summed E-state index contributed by atoms with van der Waals surface area (Å²) in [5.74, 6) is 0.706. The van der Waals surface area contributed by atoms with Crippen molar-refractivity contribution in [3.8, 4) is 0 Å². The van der Waals surface area contributed by atoms with E-state index in [1.165, 1.54) is 5.01 Å². The third-order valence-electron chi connectivity index (χ3n) is 4.69. The number of nitrogens with one attached hydrogen (secondary N) is 1. The molecule has 1 N–H and O–H groups in total. The van der Waals surface area contributed by atoms with Crippen molar-refractivity contribution in [2.75, 3.05) is 6.54 Å². The molecule has 0 saturated carbocycles. The topological polar surface area (TPSA) is 59.3 Å². The first-order chi connectivity index (χ1) is 14.7. The van der Waals surface area contributed by atoms with E-state index in [4.69, 9.17) is 0 Å². The number of hydrogen-bond acceptors (Lipinski definition) is 5. The number of pyridine rings is 1. The second-order valence-electron chi connectivity index (χ2n) is 7.08. The van der Waals surface area contributed by atoms with E-state index in [1.807, 2.05) is 66.2 Å². The molecule has 5 nitrogen and oxygen atoms in total. The molecule has 1 aromatic carbocycles. The van der Waals surface area contributed by atoms with Gasteiger partial charge in [0.2, 0.25) is 0 Å². The highest BCUT2D eigenvalue weighted by Gasteiger charge is 2.12. The number of nitrogens with zero attached hydrogens (tertiary/aromatic N) is 3. The fourth-order valence-electron chi connectivity index (χ4n) is 3.20. The number of aromatic nitrogens is 3. The number of benzene rings is 1. The van der Waals surface area contributed by atoms with Crippen LogP contribution in [0, 0.1) is 6.92 Å². The Morgan fingerprint density at radius 3 is 2.83 bits per heavy atom. The number of fused-ring (bicyclic) bond motifs is 1. The maximum absolute atomic E-state index is 12.7. The fourth-order valence-corrected chi connectivity index (χ4v) is 4.96. The van der Waals surface area contributed by atoms with Crippen molar-refractivity contribution >= 4 is 34.7 Å². The van der Waals surface area contributed by atoms with Crippen LogP contribution >= 0.6 is 23.1 Å². The van der Waals surface area contributed by atoms with Crippen molar-refractivity contribution in [1.29, 1.82) is 0 Å². The minimum atomic E-state index is -0.0156. The molecule has 0 aliphatic heterocycles. The molecule has 154 valence electrons. The molecule has 0 aliphatic rings. The number of aryl methyl sites for hydroxylation is 2. The zero-order valence-electron chi connectivity index (χ0n) is 16.9. The van der Waals surface area contributed by atoms with Gasteiger partial charge in [0.05, 0.1) is 16.3 Å². The lowest BCUT2D eigenvalue weighted by Gasteiger charge is -2.09. The summed E-state index contributed by atoms with van der Waals surface area (Å²) in [6, 6.07) is 13.7. The summed E-state index contributed by atoms with van der Waals surface area (Å²) in [6.07, 6.45) is 6.97. The maximum atomic E-state index is 12.7. The first-order valence-electron chi connectivity index (χ1n) is 10.0. The molecule has 30 heavy (non-hydrogen) atoms. The first kappa shape index (κ1) is 20.6. The zero-order chi connectivity index (χ0) is 20.8. The van der Waals surface area contributed by atoms with Gasteiger partial charge in [0, 0.05) is 40.7 Å². The average Bonchev–Trinajstić information content (AvgIpc) is 3.37. The molecule has 0 fully saturated rings. The van der Waals surface area contributed by atoms with Gasteiger partial charge in [-0.15, -0.1) is 23.1 Å². The van der Waals surface area contributed by atoms with Crippen LogP contribution in [0.1, 0.15) is 39.6 Å². The molecule has 0 radical (unpaired) electrons. The van der Waals surface area contributed by atoms with Crippen LogP contribution in [0.15, 0.2) is 65.1 Å². The number of carbonyl (C=O) groups is 1. The van der Waals surface area contributed by atoms with Crippen molar-refractivity contribution in [3.63, 3.8) is 0 Å². The Kier molecular flexibility index (Phi) is 6.81. The normalized spacial score (nSPS) is 11.1. The summed E-state index contributed by atoms with van der Waals surface area (Å²) in [7, 11) is 0. The maximum Gasteiger partial charge on any atom is 0.252 e. The monoisotopic (exact) mass is 436 g/mol. The lowest BCUT2D eigenvalue weighted by atomic mass is 10.2. The molecule has 3 aromatic heterocycles. The van der Waals surface area contributed by atoms with E-state index in [0.717, 1.165) is 52.5 Å². The van der Waals surface area contributed by atoms with Gasteiger partial charge in [0.25, 0.3) is 5.91 Å². The Morgan fingerprint density at radius 2 is 2.00 bits per heavy atom. The number of thiazole rings is 1. The van der Waals surface area contributed by atoms with Crippen LogP contribution in [0.4, 0.5) is 0 Å². The van der Waals surface area contributed by atoms with E-state index in [-0.39, 0.29) is 5.91 Å². The minimum absolute atomic E-state index is 0.0156. The molecule has 0 aliphatic carbocycles. The van der Waals surface area contributed by atoms with Gasteiger partial charge in [-0.3, -0.25) is 4.79 Å². The predicted octanol–water partition coefficient (Wildman–Crippen LogP) is 5.14. The SMILES string of the molecule is Cc1csc(CCCCNC(=O)c2ccccc2SCc2cn3ccccc3n2)n1. The fraction of sp³-hybridized carbons (Fsp3) is 0.261. The van der Waals surface area contributed by atoms with Gasteiger partial charge in [0.1, 0.15) is 5.65 Å². The number of unbranched alkanes of at least 4 members (excludes halogenated alkanes) is 1. The Balaban J connectivity index is 1.29. The van der Waals surface area contributed by atoms with Crippen LogP contribution < -0.4 is 5.32 Å². The third kappa shape index (κ3) is 5.29. The summed E-state index contributed by atoms with van der Waals surface area (Å²) in [4.78, 5) is 22.8. The van der Waals surface area contributed by atoms with Crippen LogP contribution in [0.25, 0.3) is 5.65 Å². The van der Waals surface area contributed by atoms with E-state index in [1.54, 1.807) is 23.1 Å². The van der Waals surface area contributed by atoms with Crippen LogP contribution in [0.5, 0.6) is 0 Å². The first-order valence-corrected chi connectivity index (χ1v) is 11.9. The molecule has 3 heterocycles. The summed E-state index contributed by atoms with van der Waals surface area (Å²) in [6.45, 7) is 2.69. The molecule has 0 saturated heterocycles. The van der Waals surface area contributed by atoms with Crippen molar-refractivity contribution < 1.29 is 4.79 Å². The molecular formula is C23H24N4OS2. The number of imidazole rings is 1. The Morgan fingerprint density at radius 1 is 1.13 bits per heavy atom. The zero-order valence-corrected chi connectivity index (χ0v) is 18.5. The van der Waals surface area contributed by atoms with Gasteiger partial charge in [-0.05, 0) is 50.5 Å². The smallest absolute Gasteiger partial charge is 0.252 e. The molecular weight excluding hydrogens is 412 g/mol. The Hall–Kier alpha value is -2.64. The average molecular weight is 437 g/mol. The molecule has 0 spiro atoms. The van der Waals surface area contributed by atoms with E-state index in [9.17, 15) is 4.79 Å². The third-order valence-corrected chi connectivity index (χ3v) is 6.82. The van der Waals surface area contributed by atoms with Crippen molar-refractivity contribution in [1.82, 2.24) is 19.7 Å². The molecule has 4 rings (SSSR count). The van der Waals surface area contributed by atoms with E-state index < -0.39 is 0 Å². The molecule has 1 amide bonds. The second kappa shape index (κ2) is 9.91. The van der Waals surface area contributed by atoms with Crippen LogP contribution in [0.2, 0.25) is 0 Å². The minimum Gasteiger partial charge on any atom is -0.352 e. The van der Waals surface area contributed by atoms with Gasteiger partial charge < -0.3 is 9.72 Å². The summed E-state index contributed by atoms with van der Waals surface area (Å²) in [5, 5.41) is 6.32. The summed E-state index contributed by atoms with van der Waals surface area (Å²) >= 11 is 3.35. The van der Waals surface area contributed by atoms with E-state index in [0.29, 0.717) is 6.54 Å². The van der Waals surface area contributed by atoms with Crippen LogP contribution in [-0.2, 0) is 12.2 Å². The molecule has 4 aromatic rings. The van der Waals surface area contributed by atoms with E-state index in [2.05, 4.69) is 20.7 Å². The summed E-state index contributed by atoms with van der Waals surface area (Å²) < 4.78 is 2.02. The van der Waals surface area contributed by atoms with Crippen LogP contribution in [0.3, 0.4) is 0 Å². The largest absolute Gasteiger partial charge is 0.352 e. The Labute approximate surface area is 184 Å². The highest BCUT2D eigenvalue weighted by molar-refractivity contribution is 7.98. The Bertz CT molecular complexity index is 1100. The summed E-state index contributed by atoms with van der Waals surface area (Å²) in [5.41, 5.74) is 3.74. The lowest BCUT2D eigenvalue weighted by Crippen LogP contribution is -2.25. The van der Waals surface area contributed by atoms with Gasteiger partial charge in [-0.25, -0.2) is 9.97 Å². The molecule has 0 atom stereocenters. The molecule has 0 bridgehead atoms. The number of amides is 1. The highest BCUT2D eigenvalue weighted by atomic mass is 32.2. The lowest BCUT2D eigenvalue weighted by molar-refractivity contribution is 0.0950. The van der Waals surface area contributed by atoms with Crippen LogP contribution in [-0.4, -0.2) is 26.8 Å². The number of hydrogen-bond donors (Lipinski definition) is 1. The number of rotatable bonds is 9. The highest BCUT2D eigenvalue weighted by Crippen LogP contribution is 2.26. The number of thioether (sulfide) groups is 1. The van der Waals surface area contributed by atoms with Crippen molar-refractivity contribution in [3.05, 3.63) is 82.2 Å². The standard InChI is InChI=1S/C23H24N4OS2/c1-17-15-30-22(25-17)11-4-6-12-24-23(28)19-8-2-3-9-20(19)29-16-18-14-27-13-7-5-10-21(27)26-18/h2-3,5,7-10,13-15H,4,6,11-12,16H2,1H3,(H,24,28). The van der Waals surface area contributed by atoms with Gasteiger partial charge in [0.15, 0.2) is 0 Å². The second-order valence-corrected chi connectivity index (χ2v) is 9.04.